The van der Waals surface area contributed by atoms with E-state index in [1.54, 1.807) is 24.3 Å². The van der Waals surface area contributed by atoms with E-state index in [0.717, 1.165) is 6.54 Å². The van der Waals surface area contributed by atoms with E-state index in [1.807, 2.05) is 0 Å². The van der Waals surface area contributed by atoms with Gasteiger partial charge in [0.1, 0.15) is 0 Å². The molecule has 1 aliphatic rings. The number of likely N-dealkylation sites (tertiary alicyclic amines) is 1. The molecule has 0 spiro atoms. The number of rotatable bonds is 5. The number of amides is 1. The van der Waals surface area contributed by atoms with Crippen molar-refractivity contribution in [2.45, 2.75) is 26.2 Å². The molecule has 2 rings (SSSR count). The number of anilines is 1. The van der Waals surface area contributed by atoms with Gasteiger partial charge in [-0.2, -0.15) is 0 Å². The van der Waals surface area contributed by atoms with Gasteiger partial charge in [0.2, 0.25) is 0 Å². The van der Waals surface area contributed by atoms with Crippen LogP contribution in [0.2, 0.25) is 0 Å². The van der Waals surface area contributed by atoms with Crippen molar-refractivity contribution in [3.05, 3.63) is 29.8 Å². The quantitative estimate of drug-likeness (QED) is 0.805. The zero-order chi connectivity index (χ0) is 14.4. The van der Waals surface area contributed by atoms with E-state index in [9.17, 15) is 4.79 Å². The Hall–Kier alpha value is -0.970. The smallest absolute Gasteiger partial charge is 0.251 e. The number of carbonyl (C=O) groups is 1. The van der Waals surface area contributed by atoms with Crippen LogP contribution in [0.4, 0.5) is 5.69 Å². The first-order chi connectivity index (χ1) is 9.65. The lowest BCUT2D eigenvalue weighted by molar-refractivity contribution is 0.0942. The summed E-state index contributed by atoms with van der Waals surface area (Å²) >= 11 is 0. The highest BCUT2D eigenvalue weighted by molar-refractivity contribution is 5.94. The molecule has 0 radical (unpaired) electrons. The van der Waals surface area contributed by atoms with Crippen LogP contribution in [0.3, 0.4) is 0 Å². The maximum absolute atomic E-state index is 12.0. The van der Waals surface area contributed by atoms with Crippen molar-refractivity contribution < 1.29 is 4.79 Å². The molecule has 1 saturated heterocycles. The van der Waals surface area contributed by atoms with E-state index in [0.29, 0.717) is 23.7 Å². The molecular weight excluding hydrogens is 321 g/mol. The Morgan fingerprint density at radius 2 is 1.95 bits per heavy atom. The van der Waals surface area contributed by atoms with Gasteiger partial charge in [0.05, 0.1) is 0 Å². The predicted octanol–water partition coefficient (Wildman–Crippen LogP) is 2.96. The third-order valence-electron chi connectivity index (χ3n) is 3.78. The average Bonchev–Trinajstić information content (AvgIpc) is 2.46. The molecule has 1 fully saturated rings. The molecule has 6 heteroatoms. The minimum absolute atomic E-state index is 0. The molecule has 0 aliphatic carbocycles. The number of halogens is 2. The molecule has 1 atom stereocenters. The van der Waals surface area contributed by atoms with E-state index in [1.165, 1.54) is 32.4 Å². The van der Waals surface area contributed by atoms with Gasteiger partial charge in [0.25, 0.3) is 5.91 Å². The fourth-order valence-electron chi connectivity index (χ4n) is 2.70. The maximum atomic E-state index is 12.0. The SMILES string of the molecule is CC(CNC(=O)c1cccc(N)c1)CN1CCCCC1.Cl.Cl. The third kappa shape index (κ3) is 6.86. The summed E-state index contributed by atoms with van der Waals surface area (Å²) in [5, 5.41) is 2.99. The number of carbonyl (C=O) groups excluding carboxylic acids is 1. The first-order valence-electron chi connectivity index (χ1n) is 7.51. The van der Waals surface area contributed by atoms with Gasteiger partial charge in [0, 0.05) is 24.3 Å². The van der Waals surface area contributed by atoms with Gasteiger partial charge < -0.3 is 16.0 Å². The Labute approximate surface area is 145 Å². The summed E-state index contributed by atoms with van der Waals surface area (Å²) in [5.41, 5.74) is 6.95. The molecule has 126 valence electrons. The highest BCUT2D eigenvalue weighted by Gasteiger charge is 2.14. The fraction of sp³-hybridized carbons (Fsp3) is 0.562. The average molecular weight is 348 g/mol. The Bertz CT molecular complexity index is 451. The van der Waals surface area contributed by atoms with E-state index < -0.39 is 0 Å². The predicted molar refractivity (Wildman–Crippen MR) is 97.1 cm³/mol. The standard InChI is InChI=1S/C16H25N3O.2ClH/c1-13(12-19-8-3-2-4-9-19)11-18-16(20)14-6-5-7-15(17)10-14;;/h5-7,10,13H,2-4,8-9,11-12,17H2,1H3,(H,18,20);2*1H. The van der Waals surface area contributed by atoms with E-state index in [4.69, 9.17) is 5.73 Å². The first kappa shape index (κ1) is 21.0. The normalized spacial score (nSPS) is 16.0. The van der Waals surface area contributed by atoms with Crippen LogP contribution in [0, 0.1) is 5.92 Å². The van der Waals surface area contributed by atoms with E-state index in [2.05, 4.69) is 17.1 Å². The van der Waals surface area contributed by atoms with Gasteiger partial charge in [-0.25, -0.2) is 0 Å². The molecule has 4 nitrogen and oxygen atoms in total. The lowest BCUT2D eigenvalue weighted by atomic mass is 10.1. The molecule has 0 saturated carbocycles. The zero-order valence-electron chi connectivity index (χ0n) is 13.1. The van der Waals surface area contributed by atoms with E-state index >= 15 is 0 Å². The topological polar surface area (TPSA) is 58.4 Å². The summed E-state index contributed by atoms with van der Waals surface area (Å²) in [4.78, 5) is 14.5. The molecule has 1 aromatic rings. The molecular formula is C16H27Cl2N3O. The largest absolute Gasteiger partial charge is 0.399 e. The van der Waals surface area contributed by atoms with Gasteiger partial charge in [-0.15, -0.1) is 24.8 Å². The number of piperidine rings is 1. The molecule has 22 heavy (non-hydrogen) atoms. The second kappa shape index (κ2) is 10.7. The van der Waals surface area contributed by atoms with Crippen molar-refractivity contribution >= 4 is 36.4 Å². The number of nitrogens with zero attached hydrogens (tertiary/aromatic N) is 1. The van der Waals surface area contributed by atoms with E-state index in [-0.39, 0.29) is 30.7 Å². The van der Waals surface area contributed by atoms with Gasteiger partial charge in [-0.3, -0.25) is 4.79 Å². The van der Waals surface area contributed by atoms with Crippen molar-refractivity contribution in [1.82, 2.24) is 10.2 Å². The summed E-state index contributed by atoms with van der Waals surface area (Å²) in [6.45, 7) is 6.37. The van der Waals surface area contributed by atoms with Crippen LogP contribution < -0.4 is 11.1 Å². The van der Waals surface area contributed by atoms with Gasteiger partial charge in [-0.05, 0) is 50.0 Å². The molecule has 3 N–H and O–H groups in total. The summed E-state index contributed by atoms with van der Waals surface area (Å²) in [6, 6.07) is 7.10. The van der Waals surface area contributed by atoms with Crippen molar-refractivity contribution in [3.63, 3.8) is 0 Å². The van der Waals surface area contributed by atoms with Crippen LogP contribution in [-0.4, -0.2) is 37.0 Å². The minimum atomic E-state index is -0.0391. The molecule has 1 aliphatic heterocycles. The second-order valence-electron chi connectivity index (χ2n) is 5.80. The molecule has 1 unspecified atom stereocenters. The number of nitrogens with two attached hydrogens (primary N) is 1. The molecule has 1 aromatic carbocycles. The highest BCUT2D eigenvalue weighted by Crippen LogP contribution is 2.11. The van der Waals surface area contributed by atoms with Gasteiger partial charge in [-0.1, -0.05) is 19.4 Å². The summed E-state index contributed by atoms with van der Waals surface area (Å²) in [5.74, 6) is 0.431. The van der Waals surface area contributed by atoms with Crippen LogP contribution in [-0.2, 0) is 0 Å². The molecule has 1 amide bonds. The summed E-state index contributed by atoms with van der Waals surface area (Å²) < 4.78 is 0. The van der Waals surface area contributed by atoms with Crippen molar-refractivity contribution in [1.29, 1.82) is 0 Å². The Balaban J connectivity index is 0.00000220. The molecule has 0 aromatic heterocycles. The fourth-order valence-corrected chi connectivity index (χ4v) is 2.70. The lowest BCUT2D eigenvalue weighted by Gasteiger charge is -2.29. The first-order valence-corrected chi connectivity index (χ1v) is 7.51. The number of hydrogen-bond acceptors (Lipinski definition) is 3. The maximum Gasteiger partial charge on any atom is 0.251 e. The van der Waals surface area contributed by atoms with Crippen molar-refractivity contribution in [2.75, 3.05) is 31.9 Å². The zero-order valence-corrected chi connectivity index (χ0v) is 14.7. The number of hydrogen-bond donors (Lipinski definition) is 2. The van der Waals surface area contributed by atoms with Crippen LogP contribution in [0.25, 0.3) is 0 Å². The lowest BCUT2D eigenvalue weighted by Crippen LogP contribution is -2.38. The van der Waals surface area contributed by atoms with Crippen molar-refractivity contribution in [3.8, 4) is 0 Å². The highest BCUT2D eigenvalue weighted by atomic mass is 35.5. The number of nitrogens with one attached hydrogen (secondary N) is 1. The molecule has 1 heterocycles. The second-order valence-corrected chi connectivity index (χ2v) is 5.80. The van der Waals surface area contributed by atoms with Crippen LogP contribution >= 0.6 is 24.8 Å². The molecule has 0 bridgehead atoms. The van der Waals surface area contributed by atoms with Crippen molar-refractivity contribution in [2.24, 2.45) is 5.92 Å². The minimum Gasteiger partial charge on any atom is -0.399 e. The van der Waals surface area contributed by atoms with Crippen LogP contribution in [0.1, 0.15) is 36.5 Å². The van der Waals surface area contributed by atoms with Gasteiger partial charge >= 0.3 is 0 Å². The number of nitrogen functional groups attached to an aromatic ring is 1. The van der Waals surface area contributed by atoms with Crippen LogP contribution in [0.5, 0.6) is 0 Å². The Kier molecular flexibility index (Phi) is 10.2. The summed E-state index contributed by atoms with van der Waals surface area (Å²) in [6.07, 6.45) is 3.97. The number of benzene rings is 1. The van der Waals surface area contributed by atoms with Crippen LogP contribution in [0.15, 0.2) is 24.3 Å². The van der Waals surface area contributed by atoms with Gasteiger partial charge in [0.15, 0.2) is 0 Å². The monoisotopic (exact) mass is 347 g/mol. The third-order valence-corrected chi connectivity index (χ3v) is 3.78. The Morgan fingerprint density at radius 1 is 1.27 bits per heavy atom. The Morgan fingerprint density at radius 3 is 2.59 bits per heavy atom. The summed E-state index contributed by atoms with van der Waals surface area (Å²) in [7, 11) is 0.